The van der Waals surface area contributed by atoms with Crippen LogP contribution in [0.1, 0.15) is 51.5 Å². The highest BCUT2D eigenvalue weighted by Gasteiger charge is 2.58. The zero-order chi connectivity index (χ0) is 28.7. The van der Waals surface area contributed by atoms with E-state index >= 15 is 0 Å². The molecule has 3 heterocycles. The van der Waals surface area contributed by atoms with E-state index in [1.54, 1.807) is 23.1 Å². The van der Waals surface area contributed by atoms with Gasteiger partial charge in [-0.15, -0.1) is 0 Å². The van der Waals surface area contributed by atoms with E-state index < -0.39 is 17.1 Å². The van der Waals surface area contributed by atoms with Gasteiger partial charge in [-0.3, -0.25) is 9.69 Å². The average Bonchev–Trinajstić information content (AvgIpc) is 3.06. The van der Waals surface area contributed by atoms with Crippen molar-refractivity contribution in [3.63, 3.8) is 0 Å². The predicted octanol–water partition coefficient (Wildman–Crippen LogP) is 4.67. The summed E-state index contributed by atoms with van der Waals surface area (Å²) in [6.07, 6.45) is 5.92. The molecule has 1 aromatic heterocycles. The third kappa shape index (κ3) is 5.43. The number of carboxylic acid groups (broad SMARTS) is 1. The largest absolute Gasteiger partial charge is 0.478 e. The number of carbonyl (C=O) groups is 3. The van der Waals surface area contributed by atoms with E-state index in [4.69, 9.17) is 27.9 Å². The van der Waals surface area contributed by atoms with Gasteiger partial charge in [0.15, 0.2) is 0 Å². The maximum atomic E-state index is 13.9. The molecule has 1 N–H and O–H groups in total. The predicted molar refractivity (Wildman–Crippen MR) is 150 cm³/mol. The van der Waals surface area contributed by atoms with Crippen LogP contribution in [0.15, 0.2) is 30.6 Å². The Morgan fingerprint density at radius 2 is 1.88 bits per heavy atom. The Kier molecular flexibility index (Phi) is 7.85. The van der Waals surface area contributed by atoms with Crippen LogP contribution in [0.5, 0.6) is 5.88 Å². The van der Waals surface area contributed by atoms with Crippen LogP contribution >= 0.6 is 23.2 Å². The Morgan fingerprint density at radius 1 is 1.15 bits per heavy atom. The van der Waals surface area contributed by atoms with Crippen molar-refractivity contribution in [2.75, 3.05) is 31.1 Å². The van der Waals surface area contributed by atoms with E-state index in [0.29, 0.717) is 67.2 Å². The normalized spacial score (nSPS) is 19.4. The van der Waals surface area contributed by atoms with E-state index in [1.165, 1.54) is 25.1 Å². The molecule has 10 nitrogen and oxygen atoms in total. The zero-order valence-corrected chi connectivity index (χ0v) is 24.1. The number of carbonyl (C=O) groups excluding carboxylic acids is 2. The molecule has 3 fully saturated rings. The molecule has 0 bridgehead atoms. The number of nitrogens with zero attached hydrogens (tertiary/aromatic N) is 5. The smallest absolute Gasteiger partial charge is 0.347 e. The number of ether oxygens (including phenoxy) is 1. The van der Waals surface area contributed by atoms with Gasteiger partial charge in [-0.2, -0.15) is 0 Å². The van der Waals surface area contributed by atoms with E-state index in [0.717, 1.165) is 24.8 Å². The number of amides is 3. The molecule has 214 valence electrons. The van der Waals surface area contributed by atoms with Crippen molar-refractivity contribution in [2.24, 2.45) is 5.92 Å². The molecule has 40 heavy (non-hydrogen) atoms. The second-order valence-corrected chi connectivity index (χ2v) is 12.1. The van der Waals surface area contributed by atoms with Crippen molar-refractivity contribution in [3.05, 3.63) is 46.2 Å². The molecule has 1 aliphatic carbocycles. The zero-order valence-electron chi connectivity index (χ0n) is 22.6. The van der Waals surface area contributed by atoms with Gasteiger partial charge in [-0.1, -0.05) is 35.7 Å². The lowest BCUT2D eigenvalue weighted by Crippen LogP contribution is -2.57. The molecular weight excluding hydrogens is 557 g/mol. The fraction of sp³-hybridized carbons (Fsp3) is 0.536. The summed E-state index contributed by atoms with van der Waals surface area (Å²) in [6.45, 7) is 4.69. The van der Waals surface area contributed by atoms with Gasteiger partial charge < -0.3 is 19.6 Å². The van der Waals surface area contributed by atoms with E-state index in [9.17, 15) is 19.5 Å². The standard InChI is InChI=1S/C28H33Cl2N5O5/c1-27(2,25(37)38)40-23-15-22(31-17-32-23)33-12-9-28(10-13-33)24(36)34(16-18-4-3-5-18)26(39)35(28)11-8-19-6-7-20(29)14-21(19)30/h6-7,14-15,17-18H,3-5,8-13,16H2,1-2H3,(H,37,38). The Bertz CT molecular complexity index is 1310. The van der Waals surface area contributed by atoms with Gasteiger partial charge in [-0.05, 0) is 69.6 Å². The number of rotatable bonds is 9. The summed E-state index contributed by atoms with van der Waals surface area (Å²) >= 11 is 12.5. The molecule has 1 saturated carbocycles. The van der Waals surface area contributed by atoms with Crippen LogP contribution in [-0.2, 0) is 16.0 Å². The van der Waals surface area contributed by atoms with Crippen LogP contribution in [-0.4, -0.2) is 80.1 Å². The molecule has 3 amide bonds. The number of carboxylic acids is 1. The summed E-state index contributed by atoms with van der Waals surface area (Å²) in [7, 11) is 0. The first-order valence-corrected chi connectivity index (χ1v) is 14.3. The molecule has 1 aromatic carbocycles. The maximum absolute atomic E-state index is 13.9. The molecule has 2 aromatic rings. The molecule has 2 saturated heterocycles. The van der Waals surface area contributed by atoms with E-state index in [1.807, 2.05) is 11.0 Å². The van der Waals surface area contributed by atoms with Gasteiger partial charge >= 0.3 is 12.0 Å². The number of hydrogen-bond donors (Lipinski definition) is 1. The second kappa shape index (κ2) is 11.0. The van der Waals surface area contributed by atoms with Gasteiger partial charge in [0.1, 0.15) is 17.7 Å². The lowest BCUT2D eigenvalue weighted by molar-refractivity contribution is -0.152. The number of urea groups is 1. The lowest BCUT2D eigenvalue weighted by Gasteiger charge is -2.42. The molecule has 5 rings (SSSR count). The average molecular weight is 591 g/mol. The summed E-state index contributed by atoms with van der Waals surface area (Å²) < 4.78 is 5.58. The molecule has 2 aliphatic heterocycles. The number of halogens is 2. The van der Waals surface area contributed by atoms with Crippen LogP contribution < -0.4 is 9.64 Å². The third-order valence-corrected chi connectivity index (χ3v) is 8.91. The Morgan fingerprint density at radius 3 is 2.50 bits per heavy atom. The van der Waals surface area contributed by atoms with Gasteiger partial charge in [0.25, 0.3) is 5.91 Å². The fourth-order valence-electron chi connectivity index (χ4n) is 5.60. The number of anilines is 1. The maximum Gasteiger partial charge on any atom is 0.347 e. The molecule has 12 heteroatoms. The lowest BCUT2D eigenvalue weighted by atomic mass is 9.83. The van der Waals surface area contributed by atoms with Crippen LogP contribution in [0.4, 0.5) is 10.6 Å². The number of benzene rings is 1. The quantitative estimate of drug-likeness (QED) is 0.419. The van der Waals surface area contributed by atoms with Crippen LogP contribution in [0.3, 0.4) is 0 Å². The molecule has 0 unspecified atom stereocenters. The second-order valence-electron chi connectivity index (χ2n) is 11.3. The Balaban J connectivity index is 1.34. The highest BCUT2D eigenvalue weighted by molar-refractivity contribution is 6.35. The first kappa shape index (κ1) is 28.4. The van der Waals surface area contributed by atoms with Crippen molar-refractivity contribution in [1.29, 1.82) is 0 Å². The highest BCUT2D eigenvalue weighted by Crippen LogP contribution is 2.40. The van der Waals surface area contributed by atoms with Crippen LogP contribution in [0.2, 0.25) is 10.0 Å². The Labute approximate surface area is 243 Å². The number of aromatic nitrogens is 2. The van der Waals surface area contributed by atoms with Gasteiger partial charge in [0.2, 0.25) is 11.5 Å². The summed E-state index contributed by atoms with van der Waals surface area (Å²) in [5.41, 5.74) is -1.52. The topological polar surface area (TPSA) is 116 Å². The minimum absolute atomic E-state index is 0.124. The molecular formula is C28H33Cl2N5O5. The minimum atomic E-state index is -1.45. The van der Waals surface area contributed by atoms with Crippen LogP contribution in [0, 0.1) is 5.92 Å². The van der Waals surface area contributed by atoms with Crippen molar-refractivity contribution in [3.8, 4) is 5.88 Å². The number of hydrogen-bond acceptors (Lipinski definition) is 7. The highest BCUT2D eigenvalue weighted by atomic mass is 35.5. The van der Waals surface area contributed by atoms with Gasteiger partial charge in [0, 0.05) is 42.3 Å². The summed E-state index contributed by atoms with van der Waals surface area (Å²) in [4.78, 5) is 52.7. The SMILES string of the molecule is CC(C)(Oc1cc(N2CCC3(CC2)C(=O)N(CC2CCC2)C(=O)N3CCc2ccc(Cl)cc2Cl)ncn1)C(=O)O. The monoisotopic (exact) mass is 589 g/mol. The van der Waals surface area contributed by atoms with Crippen molar-refractivity contribution >= 4 is 46.9 Å². The number of imide groups is 1. The summed E-state index contributed by atoms with van der Waals surface area (Å²) in [5.74, 6) is -0.142. The summed E-state index contributed by atoms with van der Waals surface area (Å²) in [5, 5.41) is 10.5. The van der Waals surface area contributed by atoms with Gasteiger partial charge in [0.05, 0.1) is 0 Å². The van der Waals surface area contributed by atoms with Crippen molar-refractivity contribution in [2.45, 2.75) is 63.5 Å². The molecule has 1 spiro atoms. The van der Waals surface area contributed by atoms with Crippen LogP contribution in [0.25, 0.3) is 0 Å². The van der Waals surface area contributed by atoms with Gasteiger partial charge in [-0.25, -0.2) is 19.6 Å². The van der Waals surface area contributed by atoms with Crippen molar-refractivity contribution in [1.82, 2.24) is 19.8 Å². The third-order valence-electron chi connectivity index (χ3n) is 8.32. The first-order chi connectivity index (χ1) is 19.0. The number of piperidine rings is 1. The fourth-order valence-corrected chi connectivity index (χ4v) is 6.10. The summed E-state index contributed by atoms with van der Waals surface area (Å²) in [6, 6.07) is 6.68. The molecule has 0 atom stereocenters. The molecule has 0 radical (unpaired) electrons. The Hall–Kier alpha value is -3.11. The van der Waals surface area contributed by atoms with E-state index in [-0.39, 0.29) is 17.8 Å². The van der Waals surface area contributed by atoms with Crippen molar-refractivity contribution < 1.29 is 24.2 Å². The van der Waals surface area contributed by atoms with E-state index in [2.05, 4.69) is 9.97 Å². The molecule has 3 aliphatic rings. The minimum Gasteiger partial charge on any atom is -0.478 e. The number of aliphatic carboxylic acids is 1. The first-order valence-electron chi connectivity index (χ1n) is 13.6.